The Labute approximate surface area is 320 Å². The van der Waals surface area contributed by atoms with Crippen molar-refractivity contribution in [3.05, 3.63) is 119 Å². The fraction of sp³-hybridized carbons (Fsp3) is 0.386. The van der Waals surface area contributed by atoms with Crippen LogP contribution in [0.4, 0.5) is 4.39 Å². The van der Waals surface area contributed by atoms with E-state index in [0.29, 0.717) is 26.2 Å². The quantitative estimate of drug-likeness (QED) is 0.114. The number of rotatable bonds is 12. The third-order valence-corrected chi connectivity index (χ3v) is 8.81. The van der Waals surface area contributed by atoms with Crippen LogP contribution in [0.5, 0.6) is 0 Å². The molecule has 1 heterocycles. The highest BCUT2D eigenvalue weighted by molar-refractivity contribution is 5.90. The van der Waals surface area contributed by atoms with E-state index in [2.05, 4.69) is 10.2 Å². The Morgan fingerprint density at radius 3 is 1.78 bits per heavy atom. The number of nitrogens with zero attached hydrogens (tertiary/aromatic N) is 2. The maximum atomic E-state index is 13.5. The molecule has 1 aliphatic heterocycles. The van der Waals surface area contributed by atoms with Crippen molar-refractivity contribution in [2.24, 2.45) is 0 Å². The lowest BCUT2D eigenvalue weighted by Gasteiger charge is -2.27. The van der Waals surface area contributed by atoms with Crippen molar-refractivity contribution in [3.63, 3.8) is 0 Å². The smallest absolute Gasteiger partial charge is 0.335 e. The zero-order valence-corrected chi connectivity index (χ0v) is 32.6. The van der Waals surface area contributed by atoms with Gasteiger partial charge in [0.15, 0.2) is 0 Å². The summed E-state index contributed by atoms with van der Waals surface area (Å²) in [6.07, 6.45) is 3.60. The van der Waals surface area contributed by atoms with Gasteiger partial charge < -0.3 is 25.5 Å². The molecule has 1 unspecified atom stereocenters. The van der Waals surface area contributed by atoms with Gasteiger partial charge in [-0.2, -0.15) is 0 Å². The van der Waals surface area contributed by atoms with Crippen LogP contribution in [0.25, 0.3) is 22.3 Å². The van der Waals surface area contributed by atoms with Crippen LogP contribution in [0.3, 0.4) is 0 Å². The van der Waals surface area contributed by atoms with Crippen LogP contribution in [0.2, 0.25) is 0 Å². The molecule has 0 bridgehead atoms. The number of amides is 1. The number of carbonyl (C=O) groups is 3. The number of aliphatic hydroxyl groups is 1. The van der Waals surface area contributed by atoms with Crippen LogP contribution >= 0.6 is 0 Å². The number of likely N-dealkylation sites (tertiary alicyclic amines) is 1. The van der Waals surface area contributed by atoms with Gasteiger partial charge in [-0.3, -0.25) is 9.69 Å². The maximum Gasteiger partial charge on any atom is 0.335 e. The van der Waals surface area contributed by atoms with Crippen LogP contribution < -0.4 is 5.32 Å². The van der Waals surface area contributed by atoms with Crippen LogP contribution in [-0.4, -0.2) is 81.8 Å². The molecule has 0 radical (unpaired) electrons. The molecule has 1 fully saturated rings. The van der Waals surface area contributed by atoms with Crippen LogP contribution in [0.15, 0.2) is 91.0 Å². The van der Waals surface area contributed by atoms with E-state index in [1.54, 1.807) is 48.2 Å². The van der Waals surface area contributed by atoms with Gasteiger partial charge in [-0.25, -0.2) is 14.0 Å². The second-order valence-corrected chi connectivity index (χ2v) is 12.5. The molecule has 9 nitrogen and oxygen atoms in total. The molecule has 0 aromatic heterocycles. The Balaban J connectivity index is 0.000000335. The number of carboxylic acids is 2. The van der Waals surface area contributed by atoms with E-state index in [1.165, 1.54) is 31.4 Å². The van der Waals surface area contributed by atoms with Gasteiger partial charge in [0, 0.05) is 32.8 Å². The molecule has 292 valence electrons. The molecule has 54 heavy (non-hydrogen) atoms. The van der Waals surface area contributed by atoms with E-state index in [0.717, 1.165) is 46.5 Å². The van der Waals surface area contributed by atoms with Crippen molar-refractivity contribution in [3.8, 4) is 22.3 Å². The summed E-state index contributed by atoms with van der Waals surface area (Å²) in [5.74, 6) is -2.13. The number of carboxylic acid groups (broad SMARTS) is 2. The van der Waals surface area contributed by atoms with Gasteiger partial charge in [0.2, 0.25) is 5.91 Å². The minimum absolute atomic E-state index is 0.0469. The second kappa shape index (κ2) is 24.4. The Kier molecular flexibility index (Phi) is 20.5. The van der Waals surface area contributed by atoms with Crippen molar-refractivity contribution in [1.82, 2.24) is 15.1 Å². The Bertz CT molecular complexity index is 1740. The Hall–Kier alpha value is -4.90. The molecule has 4 N–H and O–H groups in total. The van der Waals surface area contributed by atoms with E-state index in [9.17, 15) is 29.0 Å². The number of halogens is 1. The molecule has 1 atom stereocenters. The number of carbonyl (C=O) groups excluding carboxylic acids is 1. The van der Waals surface area contributed by atoms with E-state index in [1.807, 2.05) is 77.1 Å². The number of likely N-dealkylation sites (N-methyl/N-ethyl adjacent to an activating group) is 1. The average molecular weight is 744 g/mol. The summed E-state index contributed by atoms with van der Waals surface area (Å²) in [6.45, 7) is 16.2. The van der Waals surface area contributed by atoms with Gasteiger partial charge >= 0.3 is 11.9 Å². The van der Waals surface area contributed by atoms with E-state index in [-0.39, 0.29) is 35.5 Å². The number of piperidine rings is 1. The van der Waals surface area contributed by atoms with Gasteiger partial charge in [0.1, 0.15) is 5.82 Å². The van der Waals surface area contributed by atoms with Crippen LogP contribution in [0, 0.1) is 5.82 Å². The number of nitrogens with one attached hydrogen (secondary N) is 1. The van der Waals surface area contributed by atoms with Gasteiger partial charge in [-0.15, -0.1) is 0 Å². The fourth-order valence-electron chi connectivity index (χ4n) is 6.09. The standard InChI is InChI=1S/C21H26N2O3.C19H20FNO2.C2H6O.C2H6/c1-4-23(5-2)20(24)15(3)22-14-18-13-17(21(25)26)11-12-19(18)16-9-7-6-8-10-16;20-17-6-4-5-14(12-17)18-8-7-15(19(22)23)11-16(18)13-21-9-2-1-3-10-21;1-2-3;1-2/h6-13,15,22H,4-5,14H2,1-3H3,(H,25,26);4-8,11-12H,1-3,9-10,13H2,(H,22,23);3H,2H2,1H3;1-2H3. The minimum Gasteiger partial charge on any atom is -0.478 e. The molecule has 4 aromatic rings. The topological polar surface area (TPSA) is 130 Å². The zero-order chi connectivity index (χ0) is 40.0. The SMILES string of the molecule is CC.CCN(CC)C(=O)C(C)NCc1cc(C(=O)O)ccc1-c1ccccc1.CCO.O=C(O)c1ccc(-c2cccc(F)c2)c(CN2CCCCC2)c1. The van der Waals surface area contributed by atoms with Gasteiger partial charge in [0.05, 0.1) is 17.2 Å². The Morgan fingerprint density at radius 1 is 0.741 bits per heavy atom. The maximum absolute atomic E-state index is 13.5. The van der Waals surface area contributed by atoms with Gasteiger partial charge in [-0.05, 0) is 123 Å². The lowest BCUT2D eigenvalue weighted by molar-refractivity contribution is -0.132. The largest absolute Gasteiger partial charge is 0.478 e. The summed E-state index contributed by atoms with van der Waals surface area (Å²) in [6, 6.07) is 26.1. The molecule has 10 heteroatoms. The van der Waals surface area contributed by atoms with Crippen molar-refractivity contribution >= 4 is 17.8 Å². The fourth-order valence-corrected chi connectivity index (χ4v) is 6.09. The summed E-state index contributed by atoms with van der Waals surface area (Å²) >= 11 is 0. The van der Waals surface area contributed by atoms with E-state index in [4.69, 9.17) is 5.11 Å². The molecule has 0 aliphatic carbocycles. The van der Waals surface area contributed by atoms with Crippen molar-refractivity contribution in [2.75, 3.05) is 32.8 Å². The van der Waals surface area contributed by atoms with Crippen LogP contribution in [0.1, 0.15) is 92.6 Å². The zero-order valence-electron chi connectivity index (χ0n) is 32.6. The molecular weight excluding hydrogens is 685 g/mol. The highest BCUT2D eigenvalue weighted by atomic mass is 19.1. The molecule has 1 saturated heterocycles. The summed E-state index contributed by atoms with van der Waals surface area (Å²) in [5, 5.41) is 29.3. The highest BCUT2D eigenvalue weighted by Crippen LogP contribution is 2.28. The number of aliphatic hydroxyl groups excluding tert-OH is 1. The first-order valence-electron chi connectivity index (χ1n) is 18.9. The summed E-state index contributed by atoms with van der Waals surface area (Å²) in [4.78, 5) is 39.2. The van der Waals surface area contributed by atoms with Gasteiger partial charge in [0.25, 0.3) is 0 Å². The third kappa shape index (κ3) is 14.2. The normalized spacial score (nSPS) is 12.7. The number of benzene rings is 4. The van der Waals surface area contributed by atoms with Crippen LogP contribution in [-0.2, 0) is 17.9 Å². The van der Waals surface area contributed by atoms with E-state index >= 15 is 0 Å². The average Bonchev–Trinajstić information content (AvgIpc) is 3.19. The monoisotopic (exact) mass is 743 g/mol. The molecule has 1 amide bonds. The minimum atomic E-state index is -0.960. The lowest BCUT2D eigenvalue weighted by atomic mass is 9.96. The van der Waals surface area contributed by atoms with E-state index < -0.39 is 11.9 Å². The molecule has 1 aliphatic rings. The molecule has 0 spiro atoms. The molecular formula is C44H58FN3O6. The second-order valence-electron chi connectivity index (χ2n) is 12.5. The van der Waals surface area contributed by atoms with Crippen molar-refractivity contribution in [2.45, 2.75) is 79.9 Å². The lowest BCUT2D eigenvalue weighted by Crippen LogP contribution is -2.44. The molecule has 5 rings (SSSR count). The Morgan fingerprint density at radius 2 is 1.26 bits per heavy atom. The predicted molar refractivity (Wildman–Crippen MR) is 215 cm³/mol. The summed E-state index contributed by atoms with van der Waals surface area (Å²) < 4.78 is 13.5. The molecule has 4 aromatic carbocycles. The first-order chi connectivity index (χ1) is 26.0. The number of aromatic carboxylic acids is 2. The third-order valence-electron chi connectivity index (χ3n) is 8.81. The first kappa shape index (κ1) is 45.3. The van der Waals surface area contributed by atoms with Crippen molar-refractivity contribution in [1.29, 1.82) is 0 Å². The van der Waals surface area contributed by atoms with Gasteiger partial charge in [-0.1, -0.05) is 74.9 Å². The number of hydrogen-bond acceptors (Lipinski definition) is 6. The predicted octanol–water partition coefficient (Wildman–Crippen LogP) is 8.60. The number of hydrogen-bond donors (Lipinski definition) is 4. The molecule has 0 saturated carbocycles. The highest BCUT2D eigenvalue weighted by Gasteiger charge is 2.19. The van der Waals surface area contributed by atoms with Crippen molar-refractivity contribution < 1.29 is 34.1 Å². The first-order valence-corrected chi connectivity index (χ1v) is 18.9. The summed E-state index contributed by atoms with van der Waals surface area (Å²) in [7, 11) is 0. The summed E-state index contributed by atoms with van der Waals surface area (Å²) in [5.41, 5.74) is 5.98.